The smallest absolute Gasteiger partial charge is 0.186 e. The van der Waals surface area contributed by atoms with E-state index in [1.165, 1.54) is 17.3 Å². The highest BCUT2D eigenvalue weighted by atomic mass is 32.2. The van der Waals surface area contributed by atoms with Gasteiger partial charge in [0.1, 0.15) is 0 Å². The fourth-order valence-electron chi connectivity index (χ4n) is 0.991. The maximum absolute atomic E-state index is 10.6. The van der Waals surface area contributed by atoms with Crippen molar-refractivity contribution in [3.05, 3.63) is 35.7 Å². The Balaban J connectivity index is 2.52. The fraction of sp³-hybridized carbons (Fsp3) is 0.273. The Labute approximate surface area is 88.4 Å². The molecular weight excluding hydrogens is 194 g/mol. The first-order chi connectivity index (χ1) is 6.70. The van der Waals surface area contributed by atoms with Gasteiger partial charge in [0, 0.05) is 25.1 Å². The minimum atomic E-state index is 0.151. The van der Waals surface area contributed by atoms with E-state index in [-0.39, 0.29) is 5.12 Å². The molecule has 0 saturated heterocycles. The van der Waals surface area contributed by atoms with E-state index in [0.717, 1.165) is 11.3 Å². The third-order valence-corrected chi connectivity index (χ3v) is 2.53. The largest absolute Gasteiger partial charge is 0.288 e. The molecule has 0 atom stereocenters. The van der Waals surface area contributed by atoms with Gasteiger partial charge in [0.05, 0.1) is 0 Å². The number of hydrogen-bond donors (Lipinski definition) is 0. The van der Waals surface area contributed by atoms with E-state index in [9.17, 15) is 4.79 Å². The monoisotopic (exact) mass is 207 g/mol. The van der Waals surface area contributed by atoms with Crippen LogP contribution in [0.15, 0.2) is 24.5 Å². The van der Waals surface area contributed by atoms with Gasteiger partial charge in [-0.25, -0.2) is 0 Å². The summed E-state index contributed by atoms with van der Waals surface area (Å²) in [5, 5.41) is 0.151. The number of rotatable bonds is 3. The zero-order valence-electron chi connectivity index (χ0n) is 8.36. The molecule has 3 heteroatoms. The predicted molar refractivity (Wildman–Crippen MR) is 61.1 cm³/mol. The van der Waals surface area contributed by atoms with Gasteiger partial charge < -0.3 is 0 Å². The number of hydrogen-bond acceptors (Lipinski definition) is 3. The standard InChI is InChI=1S/C11H13NOS/c1-9-5-6-12-8-11(9)4-3-7-14-10(2)13/h3-6,8H,7H2,1-2H3. The Kier molecular flexibility index (Phi) is 4.40. The van der Waals surface area contributed by atoms with Crippen LogP contribution in [-0.4, -0.2) is 15.9 Å². The maximum Gasteiger partial charge on any atom is 0.186 e. The molecule has 1 rings (SSSR count). The summed E-state index contributed by atoms with van der Waals surface area (Å²) < 4.78 is 0. The Morgan fingerprint density at radius 2 is 2.43 bits per heavy atom. The highest BCUT2D eigenvalue weighted by Gasteiger charge is 1.92. The Hall–Kier alpha value is -1.09. The molecule has 0 aliphatic carbocycles. The van der Waals surface area contributed by atoms with Gasteiger partial charge in [-0.3, -0.25) is 9.78 Å². The van der Waals surface area contributed by atoms with Crippen molar-refractivity contribution in [1.29, 1.82) is 0 Å². The molecule has 0 unspecified atom stereocenters. The summed E-state index contributed by atoms with van der Waals surface area (Å²) in [5.74, 6) is 0.726. The zero-order chi connectivity index (χ0) is 10.4. The van der Waals surface area contributed by atoms with Crippen LogP contribution in [0.4, 0.5) is 0 Å². The molecule has 0 radical (unpaired) electrons. The number of thioether (sulfide) groups is 1. The highest BCUT2D eigenvalue weighted by molar-refractivity contribution is 8.13. The normalized spacial score (nSPS) is 10.7. The summed E-state index contributed by atoms with van der Waals surface area (Å²) in [6.07, 6.45) is 7.58. The van der Waals surface area contributed by atoms with Crippen molar-refractivity contribution < 1.29 is 4.79 Å². The summed E-state index contributed by atoms with van der Waals surface area (Å²) in [7, 11) is 0. The highest BCUT2D eigenvalue weighted by Crippen LogP contribution is 2.08. The van der Waals surface area contributed by atoms with Crippen molar-refractivity contribution in [2.45, 2.75) is 13.8 Å². The molecule has 0 aliphatic heterocycles. The van der Waals surface area contributed by atoms with Crippen LogP contribution in [0.3, 0.4) is 0 Å². The second-order valence-electron chi connectivity index (χ2n) is 2.94. The van der Waals surface area contributed by atoms with E-state index < -0.39 is 0 Å². The number of aryl methyl sites for hydroxylation is 1. The molecule has 0 amide bonds. The third-order valence-electron chi connectivity index (χ3n) is 1.76. The van der Waals surface area contributed by atoms with Crippen LogP contribution < -0.4 is 0 Å². The van der Waals surface area contributed by atoms with Crippen LogP contribution in [-0.2, 0) is 4.79 Å². The average molecular weight is 207 g/mol. The Morgan fingerprint density at radius 3 is 3.07 bits per heavy atom. The number of carbonyl (C=O) groups excluding carboxylic acids is 1. The molecule has 1 aromatic heterocycles. The molecule has 0 aromatic carbocycles. The van der Waals surface area contributed by atoms with Crippen LogP contribution >= 0.6 is 11.8 Å². The first kappa shape index (κ1) is 11.0. The Bertz CT molecular complexity index is 347. The molecule has 0 fully saturated rings. The van der Waals surface area contributed by atoms with Crippen LogP contribution in [0.1, 0.15) is 18.1 Å². The number of aromatic nitrogens is 1. The second kappa shape index (κ2) is 5.60. The van der Waals surface area contributed by atoms with Gasteiger partial charge in [-0.05, 0) is 24.1 Å². The van der Waals surface area contributed by atoms with Gasteiger partial charge in [0.2, 0.25) is 0 Å². The average Bonchev–Trinajstić information content (AvgIpc) is 2.15. The van der Waals surface area contributed by atoms with Crippen LogP contribution in [0.5, 0.6) is 0 Å². The van der Waals surface area contributed by atoms with Gasteiger partial charge in [0.25, 0.3) is 0 Å². The summed E-state index contributed by atoms with van der Waals surface area (Å²) >= 11 is 1.31. The summed E-state index contributed by atoms with van der Waals surface area (Å²) in [5.41, 5.74) is 2.31. The lowest BCUT2D eigenvalue weighted by molar-refractivity contribution is -0.109. The Morgan fingerprint density at radius 1 is 1.64 bits per heavy atom. The van der Waals surface area contributed by atoms with Crippen LogP contribution in [0, 0.1) is 6.92 Å². The summed E-state index contributed by atoms with van der Waals surface area (Å²) in [6, 6.07) is 1.97. The molecule has 1 heterocycles. The zero-order valence-corrected chi connectivity index (χ0v) is 9.17. The van der Waals surface area contributed by atoms with Crippen LogP contribution in [0.25, 0.3) is 6.08 Å². The van der Waals surface area contributed by atoms with Crippen molar-refractivity contribution in [3.8, 4) is 0 Å². The van der Waals surface area contributed by atoms with E-state index in [1.807, 2.05) is 31.3 Å². The SMILES string of the molecule is CC(=O)SCC=Cc1cnccc1C. The lowest BCUT2D eigenvalue weighted by atomic mass is 10.1. The van der Waals surface area contributed by atoms with Crippen molar-refractivity contribution in [1.82, 2.24) is 4.98 Å². The van der Waals surface area contributed by atoms with Gasteiger partial charge in [-0.2, -0.15) is 0 Å². The molecular formula is C11H13NOS. The van der Waals surface area contributed by atoms with Crippen molar-refractivity contribution >= 4 is 23.0 Å². The molecule has 0 aliphatic rings. The quantitative estimate of drug-likeness (QED) is 0.763. The molecule has 14 heavy (non-hydrogen) atoms. The first-order valence-electron chi connectivity index (χ1n) is 4.40. The number of pyridine rings is 1. The molecule has 1 aromatic rings. The lowest BCUT2D eigenvalue weighted by Gasteiger charge is -1.97. The van der Waals surface area contributed by atoms with Gasteiger partial charge in [-0.1, -0.05) is 23.9 Å². The van der Waals surface area contributed by atoms with Crippen molar-refractivity contribution in [2.24, 2.45) is 0 Å². The van der Waals surface area contributed by atoms with E-state index >= 15 is 0 Å². The molecule has 0 saturated carbocycles. The van der Waals surface area contributed by atoms with Crippen LogP contribution in [0.2, 0.25) is 0 Å². The lowest BCUT2D eigenvalue weighted by Crippen LogP contribution is -1.84. The molecule has 0 bridgehead atoms. The van der Waals surface area contributed by atoms with E-state index in [2.05, 4.69) is 4.98 Å². The van der Waals surface area contributed by atoms with E-state index in [1.54, 1.807) is 13.1 Å². The van der Waals surface area contributed by atoms with Gasteiger partial charge >= 0.3 is 0 Å². The minimum Gasteiger partial charge on any atom is -0.288 e. The minimum absolute atomic E-state index is 0.151. The van der Waals surface area contributed by atoms with Crippen molar-refractivity contribution in [3.63, 3.8) is 0 Å². The van der Waals surface area contributed by atoms with E-state index in [4.69, 9.17) is 0 Å². The number of nitrogens with zero attached hydrogens (tertiary/aromatic N) is 1. The second-order valence-corrected chi connectivity index (χ2v) is 4.13. The first-order valence-corrected chi connectivity index (χ1v) is 5.39. The molecule has 0 N–H and O–H groups in total. The predicted octanol–water partition coefficient (Wildman–Crippen LogP) is 2.68. The molecule has 74 valence electrons. The van der Waals surface area contributed by atoms with Gasteiger partial charge in [-0.15, -0.1) is 0 Å². The number of carbonyl (C=O) groups is 1. The molecule has 2 nitrogen and oxygen atoms in total. The molecule has 0 spiro atoms. The van der Waals surface area contributed by atoms with Crippen molar-refractivity contribution in [2.75, 3.05) is 5.75 Å². The topological polar surface area (TPSA) is 30.0 Å². The fourth-order valence-corrected chi connectivity index (χ4v) is 1.42. The third kappa shape index (κ3) is 3.75. The van der Waals surface area contributed by atoms with E-state index in [0.29, 0.717) is 0 Å². The summed E-state index contributed by atoms with van der Waals surface area (Å²) in [4.78, 5) is 14.7. The van der Waals surface area contributed by atoms with Gasteiger partial charge in [0.15, 0.2) is 5.12 Å². The summed E-state index contributed by atoms with van der Waals surface area (Å²) in [6.45, 7) is 3.62. The maximum atomic E-state index is 10.6.